The molecule has 34 heteroatoms. The van der Waals surface area contributed by atoms with Gasteiger partial charge in [0.1, 0.15) is 59.3 Å². The molecule has 8 aromatic carbocycles. The Morgan fingerprint density at radius 2 is 0.819 bits per heavy atom. The summed E-state index contributed by atoms with van der Waals surface area (Å²) in [5, 5.41) is 28.9. The van der Waals surface area contributed by atoms with E-state index in [1.165, 1.54) is 78.2 Å². The first-order chi connectivity index (χ1) is 66.9. The Hall–Kier alpha value is -14.5. The van der Waals surface area contributed by atoms with Gasteiger partial charge >= 0.3 is 5.97 Å². The van der Waals surface area contributed by atoms with Crippen LogP contribution in [0.25, 0.3) is 0 Å². The normalized spacial score (nSPS) is 14.5. The van der Waals surface area contributed by atoms with Crippen LogP contribution in [-0.4, -0.2) is 168 Å². The number of ether oxygens (including phenoxy) is 10. The molecule has 4 fully saturated rings. The number of rotatable bonds is 33. The van der Waals surface area contributed by atoms with Crippen molar-refractivity contribution in [1.29, 1.82) is 0 Å². The number of para-hydroxylation sites is 2. The molecule has 12 aromatic rings. The summed E-state index contributed by atoms with van der Waals surface area (Å²) in [6, 6.07) is 52.5. The van der Waals surface area contributed by atoms with Crippen molar-refractivity contribution >= 4 is 120 Å². The van der Waals surface area contributed by atoms with Gasteiger partial charge in [-0.1, -0.05) is 57.9 Å². The van der Waals surface area contributed by atoms with Crippen molar-refractivity contribution in [2.75, 3.05) is 134 Å². The number of amides is 1. The van der Waals surface area contributed by atoms with Gasteiger partial charge < -0.3 is 95.2 Å². The van der Waals surface area contributed by atoms with Crippen LogP contribution in [0.3, 0.4) is 0 Å². The lowest BCUT2D eigenvalue weighted by molar-refractivity contribution is -0.114. The Kier molecular flexibility index (Phi) is 33.6. The van der Waals surface area contributed by atoms with Gasteiger partial charge in [-0.2, -0.15) is 19.9 Å². The smallest absolute Gasteiger partial charge is 0.341 e. The van der Waals surface area contributed by atoms with Gasteiger partial charge in [0.2, 0.25) is 43.3 Å². The van der Waals surface area contributed by atoms with Gasteiger partial charge in [-0.25, -0.2) is 33.1 Å². The van der Waals surface area contributed by atoms with Crippen LogP contribution < -0.4 is 90.5 Å². The van der Waals surface area contributed by atoms with Gasteiger partial charge in [-0.3, -0.25) is 14.6 Å². The lowest BCUT2D eigenvalue weighted by Crippen LogP contribution is -2.25. The molecule has 33 nitrogen and oxygen atoms in total. The van der Waals surface area contributed by atoms with Crippen LogP contribution in [0.1, 0.15) is 150 Å². The predicted molar refractivity (Wildman–Crippen MR) is 538 cm³/mol. The molecule has 8 heterocycles. The summed E-state index contributed by atoms with van der Waals surface area (Å²) >= 11 is 0. The van der Waals surface area contributed by atoms with E-state index in [1.54, 1.807) is 62.2 Å². The van der Waals surface area contributed by atoms with E-state index in [9.17, 15) is 18.0 Å². The number of fused-ring (bicyclic) bond motifs is 2. The van der Waals surface area contributed by atoms with Gasteiger partial charge in [0.05, 0.1) is 48.5 Å². The third kappa shape index (κ3) is 28.3. The van der Waals surface area contributed by atoms with Crippen molar-refractivity contribution < 1.29 is 65.4 Å². The maximum Gasteiger partial charge on any atom is 0.341 e. The average Bonchev–Trinajstić information content (AvgIpc) is 1.61. The number of nitrogens with one attached hydrogen (secondary N) is 9. The zero-order valence-electron chi connectivity index (χ0n) is 79.9. The number of carbonyl (C=O) groups excluding carboxylic acids is 2. The molecule has 2 aliphatic carbocycles. The van der Waals surface area contributed by atoms with Crippen LogP contribution in [0.15, 0.2) is 200 Å². The predicted octanol–water partition coefficient (Wildman–Crippen LogP) is 21.5. The fraction of sp³-hybridized carbons (Fsp3) is 0.365. The van der Waals surface area contributed by atoms with E-state index in [1.807, 2.05) is 188 Å². The third-order valence-electron chi connectivity index (χ3n) is 23.4. The molecule has 4 aromatic heterocycles. The number of sulfone groups is 1. The summed E-state index contributed by atoms with van der Waals surface area (Å²) in [5.41, 5.74) is 10.5. The number of hydrogen-bond donors (Lipinski definition) is 9. The standard InChI is InChI=1S/C28H36N4O3S.C26H29N5O5.C25H29N5O4.C25H29N5O2/c1-20-18-29-27(31-21-13-15-24(16-14-21)35-23-10-6-5-7-11-23)32-26(20)30-22-9-8-12-25(17-22)36(33,34)19-28(2,3)4;1-17-15-27-26(30-24(17)29-20-6-5-7-22-23(20)36-16-35-22)28-18-8-9-21(19(14-18)25(32)33-2)34-13-12-31-10-3-4-11-31;1-17-15-26-25(29-24(17)28-19-6-5-7-21-23(19)34-16-33-21)27-18-8-9-20(22(14-18)31-2)32-13-12-30-10-3-4-11-30;1-17-16-26-25(30-24(17)28-21-8-6-7-20(15-21)27-18(2)31)29-19-11-13-23(14-12-19)32-22-9-4-3-5-10-22/h8-9,12-18,23H,5-7,10-11,19H2,1-4H3,(H2,29,30,31,32);5-9,14-15H,3-4,10-13,16H2,1-2H3,(H2,27,28,29,30);5-9,14-15H,3-4,10-13,16H2,1-2H3,(H2,26,27,28,29);6-8,11-16,22H,3-5,9-10H2,1-2H3,(H,27,31)(H2,26,28,29,30). The van der Waals surface area contributed by atoms with Crippen LogP contribution in [0.2, 0.25) is 0 Å². The van der Waals surface area contributed by atoms with Crippen LogP contribution in [0.4, 0.5) is 98.3 Å². The van der Waals surface area contributed by atoms with Crippen molar-refractivity contribution in [1.82, 2.24) is 49.7 Å². The first-order valence-electron chi connectivity index (χ1n) is 47.0. The number of esters is 1. The second kappa shape index (κ2) is 47.3. The highest BCUT2D eigenvalue weighted by atomic mass is 32.2. The third-order valence-corrected chi connectivity index (χ3v) is 25.6. The fourth-order valence-corrected chi connectivity index (χ4v) is 18.2. The summed E-state index contributed by atoms with van der Waals surface area (Å²) in [4.78, 5) is 64.9. The Morgan fingerprint density at radius 3 is 1.27 bits per heavy atom. The average molecular weight is 1900 g/mol. The van der Waals surface area contributed by atoms with E-state index in [4.69, 9.17) is 47.4 Å². The van der Waals surface area contributed by atoms with Crippen molar-refractivity contribution in [3.63, 3.8) is 0 Å². The second-order valence-corrected chi connectivity index (χ2v) is 37.7. The molecule has 4 aliphatic heterocycles. The first-order valence-corrected chi connectivity index (χ1v) is 48.7. The minimum atomic E-state index is -3.40. The number of benzene rings is 8. The highest BCUT2D eigenvalue weighted by molar-refractivity contribution is 7.91. The van der Waals surface area contributed by atoms with Crippen molar-refractivity contribution in [3.05, 3.63) is 222 Å². The SMILES string of the molecule is CC(=O)Nc1cccc(Nc2nc(Nc3ccc(OC4CCCCC4)cc3)ncc2C)c1.COC(=O)c1cc(Nc2ncc(C)c(Nc3cccc4c3OCO4)n2)ccc1OCCN1CCCC1.COc1cc(Nc2ncc(C)c(Nc3cccc4c3OCO4)n2)ccc1OCCN1CCCC1.Cc1cnc(Nc2ccc(OC3CCCCC3)cc2)nc1Nc1cccc(S(=O)(=O)CC(C)(C)C)c1. The summed E-state index contributed by atoms with van der Waals surface area (Å²) < 4.78 is 82.4. The summed E-state index contributed by atoms with van der Waals surface area (Å²) in [7, 11) is -0.407. The molecular formula is C104H123N19O14S. The van der Waals surface area contributed by atoms with E-state index in [-0.39, 0.29) is 30.7 Å². The molecule has 0 unspecified atom stereocenters. The number of carbonyl (C=O) groups is 2. The van der Waals surface area contributed by atoms with Gasteiger partial charge in [-0.05, 0) is 276 Å². The van der Waals surface area contributed by atoms with Crippen LogP contribution in [-0.2, 0) is 19.4 Å². The Balaban J connectivity index is 0.000000140. The maximum atomic E-state index is 12.8. The molecule has 0 atom stereocenters. The molecule has 0 radical (unpaired) electrons. The molecule has 9 N–H and O–H groups in total. The molecule has 2 saturated carbocycles. The largest absolute Gasteiger partial charge is 0.493 e. The summed E-state index contributed by atoms with van der Waals surface area (Å²) in [6.07, 6.45) is 24.8. The quantitative estimate of drug-likeness (QED) is 0.0173. The highest BCUT2D eigenvalue weighted by Crippen LogP contribution is 2.43. The first kappa shape index (κ1) is 98.0. The minimum absolute atomic E-state index is 0.0779. The molecular weight excluding hydrogens is 1770 g/mol. The number of aromatic nitrogens is 8. The van der Waals surface area contributed by atoms with Crippen molar-refractivity contribution in [2.24, 2.45) is 5.41 Å². The van der Waals surface area contributed by atoms with Gasteiger partial charge in [0.25, 0.3) is 0 Å². The number of aryl methyl sites for hydroxylation is 4. The number of nitrogens with zero attached hydrogens (tertiary/aromatic N) is 10. The Morgan fingerprint density at radius 1 is 0.420 bits per heavy atom. The van der Waals surface area contributed by atoms with Gasteiger partial charge in [-0.15, -0.1) is 0 Å². The molecule has 2 saturated heterocycles. The topological polar surface area (TPSA) is 378 Å². The molecule has 6 aliphatic rings. The van der Waals surface area contributed by atoms with E-state index in [0.717, 1.165) is 144 Å². The van der Waals surface area contributed by atoms with Crippen LogP contribution >= 0.6 is 0 Å². The molecule has 18 rings (SSSR count). The lowest BCUT2D eigenvalue weighted by atomic mass is 9.98. The summed E-state index contributed by atoms with van der Waals surface area (Å²) in [6.45, 7) is 22.8. The second-order valence-electron chi connectivity index (χ2n) is 35.8. The molecule has 0 spiro atoms. The van der Waals surface area contributed by atoms with Gasteiger partial charge in [0.15, 0.2) is 44.3 Å². The van der Waals surface area contributed by atoms with Crippen LogP contribution in [0.5, 0.6) is 51.7 Å². The zero-order chi connectivity index (χ0) is 96.3. The Labute approximate surface area is 806 Å². The molecule has 724 valence electrons. The van der Waals surface area contributed by atoms with E-state index < -0.39 is 15.8 Å². The highest BCUT2D eigenvalue weighted by Gasteiger charge is 2.27. The number of hydrogen-bond acceptors (Lipinski definition) is 32. The number of anilines is 17. The van der Waals surface area contributed by atoms with E-state index in [2.05, 4.69) is 97.5 Å². The molecule has 0 bridgehead atoms. The molecule has 1 amide bonds. The fourth-order valence-electron chi connectivity index (χ4n) is 16.4. The van der Waals surface area contributed by atoms with Gasteiger partial charge in [0, 0.05) is 113 Å². The van der Waals surface area contributed by atoms with Crippen molar-refractivity contribution in [3.8, 4) is 51.7 Å². The lowest BCUT2D eigenvalue weighted by Gasteiger charge is -2.23. The number of methoxy groups -OCH3 is 2. The molecule has 138 heavy (non-hydrogen) atoms. The monoisotopic (exact) mass is 1890 g/mol. The summed E-state index contributed by atoms with van der Waals surface area (Å²) in [5.74, 6) is 10.2. The van der Waals surface area contributed by atoms with Crippen molar-refractivity contribution in [2.45, 2.75) is 162 Å². The van der Waals surface area contributed by atoms with E-state index >= 15 is 0 Å². The number of likely N-dealkylation sites (tertiary alicyclic amines) is 2. The van der Waals surface area contributed by atoms with E-state index in [0.29, 0.717) is 129 Å². The minimum Gasteiger partial charge on any atom is -0.493 e. The van der Waals surface area contributed by atoms with Crippen LogP contribution in [0, 0.1) is 33.1 Å². The zero-order valence-corrected chi connectivity index (χ0v) is 80.7. The maximum absolute atomic E-state index is 12.8. The Bertz CT molecular complexity index is 6230.